The molecular weight excluding hydrogens is 343 g/mol. The summed E-state index contributed by atoms with van der Waals surface area (Å²) in [6, 6.07) is 12.8. The van der Waals surface area contributed by atoms with Crippen LogP contribution in [0, 0.1) is 5.92 Å². The summed E-state index contributed by atoms with van der Waals surface area (Å²) in [6.45, 7) is 4.40. The van der Waals surface area contributed by atoms with E-state index < -0.39 is 0 Å². The zero-order valence-corrected chi connectivity index (χ0v) is 15.4. The Bertz CT molecular complexity index is 669. The van der Waals surface area contributed by atoms with Crippen LogP contribution in [0.2, 0.25) is 0 Å². The van der Waals surface area contributed by atoms with Crippen molar-refractivity contribution >= 4 is 35.6 Å². The van der Waals surface area contributed by atoms with E-state index in [2.05, 4.69) is 28.4 Å². The lowest BCUT2D eigenvalue weighted by Crippen LogP contribution is -2.45. The van der Waals surface area contributed by atoms with Crippen molar-refractivity contribution < 1.29 is 5.11 Å². The molecule has 1 aliphatic heterocycles. The van der Waals surface area contributed by atoms with E-state index in [1.165, 1.54) is 30.2 Å². The van der Waals surface area contributed by atoms with Crippen LogP contribution in [0.15, 0.2) is 36.4 Å². The van der Waals surface area contributed by atoms with Gasteiger partial charge in [0, 0.05) is 37.6 Å². The van der Waals surface area contributed by atoms with Gasteiger partial charge >= 0.3 is 0 Å². The highest BCUT2D eigenvalue weighted by Gasteiger charge is 2.31. The highest BCUT2D eigenvalue weighted by Crippen LogP contribution is 2.42. The van der Waals surface area contributed by atoms with E-state index in [-0.39, 0.29) is 24.8 Å². The number of phenolic OH excluding ortho intramolecular Hbond substituents is 1. The Morgan fingerprint density at radius 3 is 2.33 bits per heavy atom. The van der Waals surface area contributed by atoms with Crippen molar-refractivity contribution in [2.75, 3.05) is 26.2 Å². The van der Waals surface area contributed by atoms with Gasteiger partial charge in [-0.1, -0.05) is 43.2 Å². The van der Waals surface area contributed by atoms with Crippen LogP contribution in [-0.4, -0.2) is 36.2 Å². The van der Waals surface area contributed by atoms with Crippen LogP contribution < -0.4 is 5.32 Å². The minimum Gasteiger partial charge on any atom is -0.507 e. The number of benzene rings is 2. The second-order valence-electron chi connectivity index (χ2n) is 6.70. The van der Waals surface area contributed by atoms with E-state index in [4.69, 9.17) is 0 Å². The van der Waals surface area contributed by atoms with Crippen LogP contribution in [0.3, 0.4) is 0 Å². The van der Waals surface area contributed by atoms with Crippen LogP contribution in [-0.2, 0) is 0 Å². The molecule has 2 aromatic carbocycles. The maximum atomic E-state index is 10.2. The Kier molecular flexibility index (Phi) is 6.76. The fraction of sp³-hybridized carbons (Fsp3) is 0.474. The van der Waals surface area contributed by atoms with Crippen LogP contribution in [0.4, 0.5) is 0 Å². The van der Waals surface area contributed by atoms with Crippen LogP contribution in [0.1, 0.15) is 30.9 Å². The molecule has 1 aliphatic carbocycles. The summed E-state index contributed by atoms with van der Waals surface area (Å²) in [5.74, 6) is 1.29. The number of nitrogens with zero attached hydrogens (tertiary/aromatic N) is 1. The van der Waals surface area contributed by atoms with Gasteiger partial charge in [0.05, 0.1) is 0 Å². The molecule has 1 saturated carbocycles. The lowest BCUT2D eigenvalue weighted by Gasteiger charge is -2.36. The van der Waals surface area contributed by atoms with E-state index in [9.17, 15) is 5.11 Å². The number of hydrogen-bond acceptors (Lipinski definition) is 3. The number of phenols is 1. The van der Waals surface area contributed by atoms with Crippen molar-refractivity contribution in [3.05, 3.63) is 42.0 Å². The standard InChI is InChI=1S/C19H24N2O.2ClH/c22-19-8-7-16(15-3-1-2-4-17(15)19)18(13-14-5-6-14)21-11-9-20-10-12-21;;/h1-4,7-8,14,18,20,22H,5-6,9-13H2;2*1H/t18-;;/m0../s1. The number of nitrogens with one attached hydrogen (secondary N) is 1. The molecule has 24 heavy (non-hydrogen) atoms. The van der Waals surface area contributed by atoms with E-state index in [1.54, 1.807) is 0 Å². The van der Waals surface area contributed by atoms with Gasteiger partial charge in [0.2, 0.25) is 0 Å². The summed E-state index contributed by atoms with van der Waals surface area (Å²) in [6.07, 6.45) is 4.03. The summed E-state index contributed by atoms with van der Waals surface area (Å²) in [5, 5.41) is 15.8. The van der Waals surface area contributed by atoms with E-state index in [1.807, 2.05) is 18.2 Å². The Morgan fingerprint density at radius 2 is 1.67 bits per heavy atom. The predicted octanol–water partition coefficient (Wildman–Crippen LogP) is 4.14. The third kappa shape index (κ3) is 3.97. The Balaban J connectivity index is 0.00000104. The largest absolute Gasteiger partial charge is 0.507 e. The maximum Gasteiger partial charge on any atom is 0.123 e. The molecule has 2 aromatic rings. The zero-order chi connectivity index (χ0) is 14.9. The quantitative estimate of drug-likeness (QED) is 0.851. The van der Waals surface area contributed by atoms with Gasteiger partial charge in [-0.05, 0) is 29.4 Å². The number of rotatable bonds is 4. The number of aromatic hydroxyl groups is 1. The molecule has 2 fully saturated rings. The molecule has 3 nitrogen and oxygen atoms in total. The van der Waals surface area contributed by atoms with Gasteiger partial charge in [-0.3, -0.25) is 4.90 Å². The first-order valence-corrected chi connectivity index (χ1v) is 8.48. The molecule has 4 rings (SSSR count). The molecule has 2 N–H and O–H groups in total. The summed E-state index contributed by atoms with van der Waals surface area (Å²) in [7, 11) is 0. The number of fused-ring (bicyclic) bond motifs is 1. The van der Waals surface area contributed by atoms with Crippen LogP contribution in [0.25, 0.3) is 10.8 Å². The lowest BCUT2D eigenvalue weighted by atomic mass is 9.93. The van der Waals surface area contributed by atoms with Gasteiger partial charge in [0.1, 0.15) is 5.75 Å². The third-order valence-corrected chi connectivity index (χ3v) is 5.14. The topological polar surface area (TPSA) is 35.5 Å². The SMILES string of the molecule is Cl.Cl.Oc1ccc([C@H](CC2CC2)N2CCNCC2)c2ccccc12. The average molecular weight is 369 g/mol. The van der Waals surface area contributed by atoms with Crippen molar-refractivity contribution in [2.24, 2.45) is 5.92 Å². The third-order valence-electron chi connectivity index (χ3n) is 5.14. The Morgan fingerprint density at radius 1 is 1.00 bits per heavy atom. The molecule has 1 saturated heterocycles. The zero-order valence-electron chi connectivity index (χ0n) is 13.8. The van der Waals surface area contributed by atoms with Crippen molar-refractivity contribution in [1.29, 1.82) is 0 Å². The summed E-state index contributed by atoms with van der Waals surface area (Å²) in [4.78, 5) is 2.63. The molecule has 0 aromatic heterocycles. The van der Waals surface area contributed by atoms with Crippen molar-refractivity contribution in [2.45, 2.75) is 25.3 Å². The van der Waals surface area contributed by atoms with Crippen molar-refractivity contribution in [3.63, 3.8) is 0 Å². The molecule has 2 aliphatic rings. The Labute approximate surface area is 156 Å². The van der Waals surface area contributed by atoms with E-state index in [0.29, 0.717) is 11.8 Å². The van der Waals surface area contributed by atoms with Gasteiger partial charge in [0.25, 0.3) is 0 Å². The second-order valence-corrected chi connectivity index (χ2v) is 6.70. The number of halogens is 2. The number of hydrogen-bond donors (Lipinski definition) is 2. The molecular formula is C19H26Cl2N2O. The molecule has 0 radical (unpaired) electrons. The number of piperazine rings is 1. The minimum absolute atomic E-state index is 0. The van der Waals surface area contributed by atoms with Gasteiger partial charge in [-0.2, -0.15) is 0 Å². The molecule has 0 bridgehead atoms. The van der Waals surface area contributed by atoms with Crippen LogP contribution in [0.5, 0.6) is 5.75 Å². The summed E-state index contributed by atoms with van der Waals surface area (Å²) >= 11 is 0. The highest BCUT2D eigenvalue weighted by molar-refractivity contribution is 5.91. The van der Waals surface area contributed by atoms with Crippen molar-refractivity contribution in [1.82, 2.24) is 10.2 Å². The maximum absolute atomic E-state index is 10.2. The molecule has 1 atom stereocenters. The fourth-order valence-corrected chi connectivity index (χ4v) is 3.73. The molecule has 0 spiro atoms. The van der Waals surface area contributed by atoms with E-state index >= 15 is 0 Å². The monoisotopic (exact) mass is 368 g/mol. The fourth-order valence-electron chi connectivity index (χ4n) is 3.73. The predicted molar refractivity (Wildman–Crippen MR) is 105 cm³/mol. The van der Waals surface area contributed by atoms with Gasteiger partial charge in [-0.25, -0.2) is 0 Å². The molecule has 0 amide bonds. The summed E-state index contributed by atoms with van der Waals surface area (Å²) < 4.78 is 0. The first-order valence-electron chi connectivity index (χ1n) is 8.48. The average Bonchev–Trinajstić information content (AvgIpc) is 3.39. The molecule has 132 valence electrons. The minimum atomic E-state index is 0. The lowest BCUT2D eigenvalue weighted by molar-refractivity contribution is 0.161. The van der Waals surface area contributed by atoms with Crippen molar-refractivity contribution in [3.8, 4) is 5.75 Å². The molecule has 0 unspecified atom stereocenters. The Hall–Kier alpha value is -1.00. The van der Waals surface area contributed by atoms with Gasteiger partial charge in [0.15, 0.2) is 0 Å². The smallest absolute Gasteiger partial charge is 0.123 e. The summed E-state index contributed by atoms with van der Waals surface area (Å²) in [5.41, 5.74) is 1.39. The van der Waals surface area contributed by atoms with Gasteiger partial charge < -0.3 is 10.4 Å². The first-order chi connectivity index (χ1) is 10.8. The molecule has 1 heterocycles. The van der Waals surface area contributed by atoms with Gasteiger partial charge in [-0.15, -0.1) is 24.8 Å². The second kappa shape index (κ2) is 8.39. The van der Waals surface area contributed by atoms with Crippen LogP contribution >= 0.6 is 24.8 Å². The highest BCUT2D eigenvalue weighted by atomic mass is 35.5. The molecule has 5 heteroatoms. The first kappa shape index (κ1) is 19.3. The van der Waals surface area contributed by atoms with E-state index in [0.717, 1.165) is 37.5 Å². The normalized spacial score (nSPS) is 19.3.